The number of Topliss-reactive ketones (excluding diaryl/α,β-unsaturated/α-hetero) is 1. The van der Waals surface area contributed by atoms with Crippen LogP contribution in [0.3, 0.4) is 0 Å². The molecule has 0 aliphatic rings. The molecule has 0 amide bonds. The van der Waals surface area contributed by atoms with Crippen LogP contribution in [0.4, 0.5) is 13.2 Å². The number of ketones is 1. The fourth-order valence-corrected chi connectivity index (χ4v) is 3.38. The van der Waals surface area contributed by atoms with Gasteiger partial charge in [-0.15, -0.1) is 13.2 Å². The van der Waals surface area contributed by atoms with Crippen molar-refractivity contribution in [2.45, 2.75) is 26.1 Å². The highest BCUT2D eigenvalue weighted by Gasteiger charge is 2.32. The Labute approximate surface area is 179 Å². The molecule has 2 aromatic heterocycles. The zero-order valence-electron chi connectivity index (χ0n) is 16.8. The number of nitrogens with zero attached hydrogens (tertiary/aromatic N) is 3. The molecule has 0 atom stereocenters. The van der Waals surface area contributed by atoms with Crippen molar-refractivity contribution in [3.05, 3.63) is 82.0 Å². The van der Waals surface area contributed by atoms with Crippen molar-refractivity contribution in [3.8, 4) is 11.4 Å². The summed E-state index contributed by atoms with van der Waals surface area (Å²) in [6, 6.07) is 12.7. The predicted octanol–water partition coefficient (Wildman–Crippen LogP) is 3.73. The molecular formula is C22H17F3N4O3. The van der Waals surface area contributed by atoms with Gasteiger partial charge in [0.25, 0.3) is 5.56 Å². The van der Waals surface area contributed by atoms with Crippen molar-refractivity contribution in [3.63, 3.8) is 0 Å². The summed E-state index contributed by atoms with van der Waals surface area (Å²) in [6.07, 6.45) is -3.32. The molecule has 0 saturated carbocycles. The number of carbonyl (C=O) groups is 1. The first kappa shape index (κ1) is 21.3. The maximum atomic E-state index is 12.7. The smallest absolute Gasteiger partial charge is 0.405 e. The lowest BCUT2D eigenvalue weighted by molar-refractivity contribution is -0.274. The molecule has 164 valence electrons. The van der Waals surface area contributed by atoms with Crippen LogP contribution in [0.5, 0.6) is 5.75 Å². The molecule has 0 unspecified atom stereocenters. The lowest BCUT2D eigenvalue weighted by atomic mass is 10.1. The van der Waals surface area contributed by atoms with Gasteiger partial charge in [-0.1, -0.05) is 30.3 Å². The van der Waals surface area contributed by atoms with Crippen molar-refractivity contribution in [1.29, 1.82) is 0 Å². The van der Waals surface area contributed by atoms with Gasteiger partial charge in [-0.2, -0.15) is 5.10 Å². The predicted molar refractivity (Wildman–Crippen MR) is 110 cm³/mol. The maximum absolute atomic E-state index is 12.7. The SMILES string of the molecule is CC(=O)Cc1cccc(-n2ncc3c(=O)[nH]c(Cc4ccccc4OC(F)(F)F)nc32)c1. The highest BCUT2D eigenvalue weighted by Crippen LogP contribution is 2.27. The minimum absolute atomic E-state index is 0.00377. The molecule has 0 bridgehead atoms. The zero-order chi connectivity index (χ0) is 22.9. The van der Waals surface area contributed by atoms with Gasteiger partial charge in [-0.25, -0.2) is 9.67 Å². The van der Waals surface area contributed by atoms with E-state index in [1.807, 2.05) is 0 Å². The molecule has 4 aromatic rings. The summed E-state index contributed by atoms with van der Waals surface area (Å²) in [5, 5.41) is 4.46. The first-order chi connectivity index (χ1) is 15.2. The van der Waals surface area contributed by atoms with E-state index in [-0.39, 0.29) is 46.8 Å². The van der Waals surface area contributed by atoms with E-state index in [1.165, 1.54) is 36.0 Å². The Morgan fingerprint density at radius 1 is 1.16 bits per heavy atom. The number of fused-ring (bicyclic) bond motifs is 1. The normalized spacial score (nSPS) is 11.6. The van der Waals surface area contributed by atoms with E-state index in [1.54, 1.807) is 30.3 Å². The zero-order valence-corrected chi connectivity index (χ0v) is 16.8. The first-order valence-electron chi connectivity index (χ1n) is 9.59. The molecule has 4 rings (SSSR count). The number of hydrogen-bond donors (Lipinski definition) is 1. The number of para-hydroxylation sites is 1. The van der Waals surface area contributed by atoms with Crippen LogP contribution in [-0.2, 0) is 17.6 Å². The minimum atomic E-state index is -4.84. The summed E-state index contributed by atoms with van der Waals surface area (Å²) >= 11 is 0. The molecule has 0 fully saturated rings. The summed E-state index contributed by atoms with van der Waals surface area (Å²) < 4.78 is 43.7. The van der Waals surface area contributed by atoms with Crippen LogP contribution in [-0.4, -0.2) is 31.9 Å². The minimum Gasteiger partial charge on any atom is -0.405 e. The molecule has 0 aliphatic heterocycles. The van der Waals surface area contributed by atoms with E-state index in [0.717, 1.165) is 5.56 Å². The fourth-order valence-electron chi connectivity index (χ4n) is 3.38. The number of rotatable bonds is 6. The van der Waals surface area contributed by atoms with Crippen LogP contribution in [0.1, 0.15) is 23.9 Å². The third kappa shape index (κ3) is 4.69. The average molecular weight is 442 g/mol. The van der Waals surface area contributed by atoms with Crippen LogP contribution in [0.25, 0.3) is 16.7 Å². The lowest BCUT2D eigenvalue weighted by Crippen LogP contribution is -2.18. The van der Waals surface area contributed by atoms with E-state index >= 15 is 0 Å². The quantitative estimate of drug-likeness (QED) is 0.492. The highest BCUT2D eigenvalue weighted by molar-refractivity contribution is 5.78. The fraction of sp³-hybridized carbons (Fsp3) is 0.182. The maximum Gasteiger partial charge on any atom is 0.573 e. The van der Waals surface area contributed by atoms with E-state index in [9.17, 15) is 22.8 Å². The van der Waals surface area contributed by atoms with Crippen molar-refractivity contribution in [1.82, 2.24) is 19.7 Å². The van der Waals surface area contributed by atoms with Gasteiger partial charge in [0.05, 0.1) is 11.9 Å². The van der Waals surface area contributed by atoms with Gasteiger partial charge in [-0.05, 0) is 30.7 Å². The third-order valence-corrected chi connectivity index (χ3v) is 4.65. The van der Waals surface area contributed by atoms with Crippen LogP contribution >= 0.6 is 0 Å². The first-order valence-corrected chi connectivity index (χ1v) is 9.59. The summed E-state index contributed by atoms with van der Waals surface area (Å²) in [7, 11) is 0. The Morgan fingerprint density at radius 2 is 1.94 bits per heavy atom. The number of ether oxygens (including phenoxy) is 1. The van der Waals surface area contributed by atoms with Gasteiger partial charge in [0.15, 0.2) is 5.65 Å². The third-order valence-electron chi connectivity index (χ3n) is 4.65. The highest BCUT2D eigenvalue weighted by atomic mass is 19.4. The average Bonchev–Trinajstić information content (AvgIpc) is 3.13. The number of benzene rings is 2. The van der Waals surface area contributed by atoms with Crippen molar-refractivity contribution < 1.29 is 22.7 Å². The van der Waals surface area contributed by atoms with E-state index in [2.05, 4.69) is 19.8 Å². The molecule has 7 nitrogen and oxygen atoms in total. The van der Waals surface area contributed by atoms with Crippen molar-refractivity contribution >= 4 is 16.8 Å². The monoisotopic (exact) mass is 442 g/mol. The second-order valence-corrected chi connectivity index (χ2v) is 7.19. The Kier molecular flexibility index (Phi) is 5.52. The molecule has 0 spiro atoms. The lowest BCUT2D eigenvalue weighted by Gasteiger charge is -2.13. The molecule has 1 N–H and O–H groups in total. The molecular weight excluding hydrogens is 425 g/mol. The Morgan fingerprint density at radius 3 is 2.69 bits per heavy atom. The molecule has 0 radical (unpaired) electrons. The second kappa shape index (κ2) is 8.29. The summed E-state index contributed by atoms with van der Waals surface area (Å²) in [4.78, 5) is 31.0. The van der Waals surface area contributed by atoms with Gasteiger partial charge in [-0.3, -0.25) is 9.59 Å². The number of aromatic nitrogens is 4. The van der Waals surface area contributed by atoms with Gasteiger partial charge in [0, 0.05) is 18.4 Å². The van der Waals surface area contributed by atoms with Gasteiger partial charge in [0.2, 0.25) is 0 Å². The van der Waals surface area contributed by atoms with Gasteiger partial charge < -0.3 is 9.72 Å². The number of nitrogens with one attached hydrogen (secondary N) is 1. The molecule has 2 aromatic carbocycles. The Hall–Kier alpha value is -3.95. The Bertz CT molecular complexity index is 1360. The van der Waals surface area contributed by atoms with Crippen molar-refractivity contribution in [2.24, 2.45) is 0 Å². The number of carbonyl (C=O) groups excluding carboxylic acids is 1. The second-order valence-electron chi connectivity index (χ2n) is 7.19. The molecule has 0 aliphatic carbocycles. The van der Waals surface area contributed by atoms with Crippen molar-refractivity contribution in [2.75, 3.05) is 0 Å². The topological polar surface area (TPSA) is 89.9 Å². The van der Waals surface area contributed by atoms with Crippen LogP contribution < -0.4 is 10.3 Å². The number of aromatic amines is 1. The standard InChI is InChI=1S/C22H17F3N4O3/c1-13(30)9-14-5-4-7-16(10-14)29-20-17(12-26-29)21(31)28-19(27-20)11-15-6-2-3-8-18(15)32-22(23,24)25/h2-8,10,12H,9,11H2,1H3,(H,27,28,31). The number of alkyl halides is 3. The molecule has 0 saturated heterocycles. The van der Waals surface area contributed by atoms with E-state index in [4.69, 9.17) is 0 Å². The summed E-state index contributed by atoms with van der Waals surface area (Å²) in [5.41, 5.74) is 1.37. The molecule has 10 heteroatoms. The number of hydrogen-bond acceptors (Lipinski definition) is 5. The Balaban J connectivity index is 1.74. The van der Waals surface area contributed by atoms with E-state index in [0.29, 0.717) is 5.69 Å². The van der Waals surface area contributed by atoms with E-state index < -0.39 is 11.9 Å². The number of halogens is 3. The van der Waals surface area contributed by atoms with Crippen LogP contribution in [0.2, 0.25) is 0 Å². The van der Waals surface area contributed by atoms with Gasteiger partial charge >= 0.3 is 6.36 Å². The molecule has 2 heterocycles. The summed E-state index contributed by atoms with van der Waals surface area (Å²) in [5.74, 6) is -0.209. The molecule has 32 heavy (non-hydrogen) atoms. The van der Waals surface area contributed by atoms with Crippen LogP contribution in [0.15, 0.2) is 59.5 Å². The summed E-state index contributed by atoms with van der Waals surface area (Å²) in [6.45, 7) is 1.49. The van der Waals surface area contributed by atoms with Crippen LogP contribution in [0, 0.1) is 0 Å². The number of H-pyrrole nitrogens is 1. The largest absolute Gasteiger partial charge is 0.573 e. The van der Waals surface area contributed by atoms with Gasteiger partial charge in [0.1, 0.15) is 22.7 Å².